The summed E-state index contributed by atoms with van der Waals surface area (Å²) >= 11 is 0. The Hall–Kier alpha value is -2.31. The van der Waals surface area contributed by atoms with E-state index in [0.717, 1.165) is 0 Å². The summed E-state index contributed by atoms with van der Waals surface area (Å²) in [6.07, 6.45) is 0. The van der Waals surface area contributed by atoms with E-state index in [1.807, 2.05) is 0 Å². The van der Waals surface area contributed by atoms with Gasteiger partial charge in [0.05, 0.1) is 10.5 Å². The lowest BCUT2D eigenvalue weighted by Crippen LogP contribution is -2.35. The van der Waals surface area contributed by atoms with Crippen molar-refractivity contribution in [1.82, 2.24) is 0 Å². The van der Waals surface area contributed by atoms with Crippen molar-refractivity contribution < 1.29 is 47.2 Å². The Morgan fingerprint density at radius 1 is 0.923 bits per heavy atom. The van der Waals surface area contributed by atoms with Crippen molar-refractivity contribution >= 4 is 41.0 Å². The molecule has 0 aromatic heterocycles. The zero-order valence-corrected chi connectivity index (χ0v) is 13.5. The molecule has 0 saturated heterocycles. The van der Waals surface area contributed by atoms with Gasteiger partial charge in [-0.05, 0) is 30.3 Å². The summed E-state index contributed by atoms with van der Waals surface area (Å²) in [5, 5.41) is 45.4. The molecule has 0 radical (unpaired) electrons. The third kappa shape index (κ3) is 3.61. The number of hydrogen-bond acceptors (Lipinski definition) is 7. The minimum absolute atomic E-state index is 0.456. The zero-order valence-electron chi connectivity index (χ0n) is 12.7. The van der Waals surface area contributed by atoms with E-state index in [4.69, 9.17) is 25.2 Å². The van der Waals surface area contributed by atoms with Crippen LogP contribution in [0, 0.1) is 11.6 Å². The largest absolute Gasteiger partial charge is 0.491 e. The van der Waals surface area contributed by atoms with Crippen LogP contribution in [0.25, 0.3) is 0 Å². The number of rotatable bonds is 5. The van der Waals surface area contributed by atoms with E-state index in [-0.39, 0.29) is 0 Å². The number of halogens is 2. The molecule has 0 heterocycles. The highest BCUT2D eigenvalue weighted by molar-refractivity contribution is 7.91. The van der Waals surface area contributed by atoms with Gasteiger partial charge in [0.25, 0.3) is 0 Å². The lowest BCUT2D eigenvalue weighted by molar-refractivity contribution is 0.0696. The second-order valence-corrected chi connectivity index (χ2v) is 7.03. The Morgan fingerprint density at radius 2 is 1.50 bits per heavy atom. The fourth-order valence-electron chi connectivity index (χ4n) is 2.14. The van der Waals surface area contributed by atoms with Gasteiger partial charge in [0, 0.05) is 10.9 Å². The molecule has 26 heavy (non-hydrogen) atoms. The first-order valence-electron chi connectivity index (χ1n) is 6.80. The van der Waals surface area contributed by atoms with E-state index in [1.54, 1.807) is 0 Å². The summed E-state index contributed by atoms with van der Waals surface area (Å²) < 4.78 is 53.1. The molecule has 136 valence electrons. The van der Waals surface area contributed by atoms with Crippen molar-refractivity contribution in [3.8, 4) is 0 Å². The van der Waals surface area contributed by atoms with E-state index in [2.05, 4.69) is 0 Å². The molecule has 13 heteroatoms. The van der Waals surface area contributed by atoms with Gasteiger partial charge in [-0.1, -0.05) is 0 Å². The molecule has 0 aliphatic heterocycles. The average Bonchev–Trinajstić information content (AvgIpc) is 2.54. The van der Waals surface area contributed by atoms with E-state index in [1.165, 1.54) is 0 Å². The minimum atomic E-state index is -4.80. The monoisotopic (exact) mass is 386 g/mol. The Labute approximate surface area is 146 Å². The van der Waals surface area contributed by atoms with Crippen LogP contribution in [0.1, 0.15) is 10.4 Å². The normalized spacial score (nSPS) is 11.3. The van der Waals surface area contributed by atoms with Crippen molar-refractivity contribution in [3.63, 3.8) is 0 Å². The number of carboxylic acid groups (broad SMARTS) is 1. The van der Waals surface area contributed by atoms with Gasteiger partial charge < -0.3 is 25.2 Å². The molecule has 0 aliphatic rings. The average molecular weight is 386 g/mol. The van der Waals surface area contributed by atoms with Gasteiger partial charge in [0.15, 0.2) is 0 Å². The van der Waals surface area contributed by atoms with Crippen LogP contribution < -0.4 is 10.9 Å². The standard InChI is InChI=1S/C13H10B2F2O8S/c16-10-2-1-7(5-8(10)14(20)21)26(24,25)11-4-6(13(18)19)3-9(12(11)17)15(22)23/h1-5,20-23H,(H,18,19). The van der Waals surface area contributed by atoms with Crippen LogP contribution in [0.4, 0.5) is 8.78 Å². The number of carboxylic acids is 1. The molecule has 0 unspecified atom stereocenters. The molecule has 0 spiro atoms. The first-order chi connectivity index (χ1) is 12.0. The van der Waals surface area contributed by atoms with Crippen molar-refractivity contribution in [2.45, 2.75) is 9.79 Å². The van der Waals surface area contributed by atoms with Crippen LogP contribution in [-0.4, -0.2) is 53.8 Å². The first kappa shape index (κ1) is 20.0. The van der Waals surface area contributed by atoms with Gasteiger partial charge in [-0.25, -0.2) is 22.0 Å². The van der Waals surface area contributed by atoms with E-state index in [0.29, 0.717) is 30.3 Å². The summed E-state index contributed by atoms with van der Waals surface area (Å²) in [5.74, 6) is -4.40. The lowest BCUT2D eigenvalue weighted by Gasteiger charge is -2.12. The smallest absolute Gasteiger partial charge is 0.478 e. The third-order valence-electron chi connectivity index (χ3n) is 3.44. The maximum absolute atomic E-state index is 14.4. The quantitative estimate of drug-likeness (QED) is 0.288. The van der Waals surface area contributed by atoms with Crippen LogP contribution in [-0.2, 0) is 9.84 Å². The molecule has 0 aliphatic carbocycles. The minimum Gasteiger partial charge on any atom is -0.478 e. The summed E-state index contributed by atoms with van der Waals surface area (Å²) in [4.78, 5) is 9.13. The Morgan fingerprint density at radius 3 is 2.00 bits per heavy atom. The van der Waals surface area contributed by atoms with Crippen LogP contribution in [0.5, 0.6) is 0 Å². The first-order valence-corrected chi connectivity index (χ1v) is 8.28. The molecule has 0 amide bonds. The molecular weight excluding hydrogens is 376 g/mol. The fourth-order valence-corrected chi connectivity index (χ4v) is 3.56. The summed E-state index contributed by atoms with van der Waals surface area (Å²) in [5.41, 5.74) is -2.53. The summed E-state index contributed by atoms with van der Waals surface area (Å²) in [6.45, 7) is 0. The number of aromatic carboxylic acids is 1. The molecule has 2 rings (SSSR count). The molecule has 0 saturated carbocycles. The summed E-state index contributed by atoms with van der Waals surface area (Å²) in [7, 11) is -9.65. The Kier molecular flexibility index (Phi) is 5.49. The SMILES string of the molecule is O=C(O)c1cc(B(O)O)c(F)c(S(=O)(=O)c2ccc(F)c(B(O)O)c2)c1. The second-order valence-electron chi connectivity index (χ2n) is 5.12. The third-order valence-corrected chi connectivity index (χ3v) is 5.19. The van der Waals surface area contributed by atoms with Gasteiger partial charge in [0.1, 0.15) is 16.5 Å². The van der Waals surface area contributed by atoms with Crippen molar-refractivity contribution in [2.24, 2.45) is 0 Å². The van der Waals surface area contributed by atoms with Gasteiger partial charge in [-0.2, -0.15) is 0 Å². The number of carbonyl (C=O) groups is 1. The van der Waals surface area contributed by atoms with Crippen molar-refractivity contribution in [1.29, 1.82) is 0 Å². The molecule has 0 atom stereocenters. The van der Waals surface area contributed by atoms with Gasteiger partial charge >= 0.3 is 20.2 Å². The van der Waals surface area contributed by atoms with Gasteiger partial charge in [-0.3, -0.25) is 0 Å². The predicted octanol–water partition coefficient (Wildman–Crippen LogP) is -2.14. The van der Waals surface area contributed by atoms with Gasteiger partial charge in [0.2, 0.25) is 9.84 Å². The molecule has 0 fully saturated rings. The highest BCUT2D eigenvalue weighted by atomic mass is 32.2. The Balaban J connectivity index is 2.77. The van der Waals surface area contributed by atoms with E-state index >= 15 is 0 Å². The fraction of sp³-hybridized carbons (Fsp3) is 0. The van der Waals surface area contributed by atoms with Crippen LogP contribution in [0.15, 0.2) is 40.1 Å². The van der Waals surface area contributed by atoms with E-state index < -0.39 is 68.0 Å². The summed E-state index contributed by atoms with van der Waals surface area (Å²) in [6, 6.07) is 2.85. The molecule has 5 N–H and O–H groups in total. The highest BCUT2D eigenvalue weighted by Gasteiger charge is 2.31. The number of hydrogen-bond donors (Lipinski definition) is 5. The zero-order chi connectivity index (χ0) is 19.8. The molecular formula is C13H10B2F2O8S. The lowest BCUT2D eigenvalue weighted by atomic mass is 9.79. The number of benzene rings is 2. The highest BCUT2D eigenvalue weighted by Crippen LogP contribution is 2.24. The Bertz CT molecular complexity index is 978. The second kappa shape index (κ2) is 7.13. The topological polar surface area (TPSA) is 152 Å². The maximum Gasteiger partial charge on any atom is 0.491 e. The predicted molar refractivity (Wildman–Crippen MR) is 84.9 cm³/mol. The molecule has 0 bridgehead atoms. The molecule has 2 aromatic rings. The number of sulfone groups is 1. The maximum atomic E-state index is 14.4. The van der Waals surface area contributed by atoms with Crippen LogP contribution in [0.2, 0.25) is 0 Å². The van der Waals surface area contributed by atoms with E-state index in [9.17, 15) is 22.0 Å². The molecule has 8 nitrogen and oxygen atoms in total. The van der Waals surface area contributed by atoms with Gasteiger partial charge in [-0.15, -0.1) is 0 Å². The van der Waals surface area contributed by atoms with Crippen LogP contribution in [0.3, 0.4) is 0 Å². The van der Waals surface area contributed by atoms with Crippen molar-refractivity contribution in [2.75, 3.05) is 0 Å². The van der Waals surface area contributed by atoms with Crippen molar-refractivity contribution in [3.05, 3.63) is 47.5 Å². The van der Waals surface area contributed by atoms with Crippen LogP contribution >= 0.6 is 0 Å². The molecule has 2 aromatic carbocycles.